The van der Waals surface area contributed by atoms with Gasteiger partial charge >= 0.3 is 0 Å². The van der Waals surface area contributed by atoms with E-state index in [-0.39, 0.29) is 6.04 Å². The predicted molar refractivity (Wildman–Crippen MR) is 80.7 cm³/mol. The molecule has 4 nitrogen and oxygen atoms in total. The van der Waals surface area contributed by atoms with Crippen molar-refractivity contribution in [3.05, 3.63) is 23.7 Å². The predicted octanol–water partition coefficient (Wildman–Crippen LogP) is 2.01. The molecule has 0 aliphatic carbocycles. The monoisotopic (exact) mass is 277 g/mol. The van der Waals surface area contributed by atoms with E-state index in [2.05, 4.69) is 28.9 Å². The molecule has 2 N–H and O–H groups in total. The Morgan fingerprint density at radius 3 is 2.75 bits per heavy atom. The molecule has 2 unspecified atom stereocenters. The first kappa shape index (κ1) is 14.1. The molecule has 3 rings (SSSR count). The van der Waals surface area contributed by atoms with Crippen molar-refractivity contribution in [1.82, 2.24) is 9.80 Å². The van der Waals surface area contributed by atoms with Crippen molar-refractivity contribution in [1.29, 1.82) is 0 Å². The van der Waals surface area contributed by atoms with Crippen LogP contribution in [-0.2, 0) is 6.42 Å². The highest BCUT2D eigenvalue weighted by molar-refractivity contribution is 5.12. The van der Waals surface area contributed by atoms with E-state index in [1.165, 1.54) is 32.4 Å². The molecule has 0 aromatic carbocycles. The van der Waals surface area contributed by atoms with Gasteiger partial charge in [-0.05, 0) is 44.5 Å². The molecule has 2 saturated heterocycles. The van der Waals surface area contributed by atoms with Gasteiger partial charge in [-0.1, -0.05) is 6.92 Å². The number of nitrogens with zero attached hydrogens (tertiary/aromatic N) is 2. The van der Waals surface area contributed by atoms with Gasteiger partial charge < -0.3 is 10.2 Å². The fraction of sp³-hybridized carbons (Fsp3) is 0.750. The molecule has 2 aliphatic rings. The van der Waals surface area contributed by atoms with Crippen LogP contribution >= 0.6 is 0 Å². The van der Waals surface area contributed by atoms with Crippen molar-refractivity contribution in [3.8, 4) is 0 Å². The second kappa shape index (κ2) is 6.29. The summed E-state index contributed by atoms with van der Waals surface area (Å²) < 4.78 is 5.92. The third-order valence-corrected chi connectivity index (χ3v) is 4.88. The zero-order chi connectivity index (χ0) is 13.9. The third-order valence-electron chi connectivity index (χ3n) is 4.88. The van der Waals surface area contributed by atoms with Gasteiger partial charge in [0.05, 0.1) is 6.04 Å². The van der Waals surface area contributed by atoms with Gasteiger partial charge in [0.15, 0.2) is 0 Å². The van der Waals surface area contributed by atoms with E-state index in [1.54, 1.807) is 0 Å². The average Bonchev–Trinajstić information content (AvgIpc) is 3.21. The molecule has 0 saturated carbocycles. The van der Waals surface area contributed by atoms with Crippen molar-refractivity contribution in [2.45, 2.75) is 44.7 Å². The standard InChI is InChI=1S/C16H27N3O/c1-2-14-5-6-16(20-14)15(11-17)19-10-7-13(12-19)18-8-3-4-9-18/h5-6,13,15H,2-4,7-12,17H2,1H3. The van der Waals surface area contributed by atoms with Gasteiger partial charge in [0.25, 0.3) is 0 Å². The highest BCUT2D eigenvalue weighted by Crippen LogP contribution is 2.29. The Morgan fingerprint density at radius 2 is 2.10 bits per heavy atom. The van der Waals surface area contributed by atoms with Crippen LogP contribution in [0, 0.1) is 0 Å². The lowest BCUT2D eigenvalue weighted by Crippen LogP contribution is -2.37. The minimum Gasteiger partial charge on any atom is -0.464 e. The van der Waals surface area contributed by atoms with E-state index in [4.69, 9.17) is 10.2 Å². The van der Waals surface area contributed by atoms with E-state index < -0.39 is 0 Å². The van der Waals surface area contributed by atoms with Crippen LogP contribution in [0.1, 0.15) is 43.7 Å². The zero-order valence-corrected chi connectivity index (χ0v) is 12.6. The molecule has 112 valence electrons. The summed E-state index contributed by atoms with van der Waals surface area (Å²) >= 11 is 0. The number of likely N-dealkylation sites (tertiary alicyclic amines) is 2. The number of aryl methyl sites for hydroxylation is 1. The van der Waals surface area contributed by atoms with Gasteiger partial charge in [-0.15, -0.1) is 0 Å². The van der Waals surface area contributed by atoms with Crippen molar-refractivity contribution in [2.75, 3.05) is 32.7 Å². The van der Waals surface area contributed by atoms with E-state index in [0.717, 1.165) is 37.1 Å². The molecule has 2 fully saturated rings. The van der Waals surface area contributed by atoms with Crippen LogP contribution in [0.15, 0.2) is 16.5 Å². The Kier molecular flexibility index (Phi) is 4.44. The van der Waals surface area contributed by atoms with Crippen LogP contribution in [0.4, 0.5) is 0 Å². The Labute approximate surface area is 121 Å². The summed E-state index contributed by atoms with van der Waals surface area (Å²) in [6, 6.07) is 5.18. The third kappa shape index (κ3) is 2.78. The number of nitrogens with two attached hydrogens (primary N) is 1. The fourth-order valence-electron chi connectivity index (χ4n) is 3.66. The van der Waals surface area contributed by atoms with Gasteiger partial charge in [-0.3, -0.25) is 9.80 Å². The summed E-state index contributed by atoms with van der Waals surface area (Å²) in [4.78, 5) is 5.18. The normalized spacial score (nSPS) is 26.4. The zero-order valence-electron chi connectivity index (χ0n) is 12.6. The van der Waals surface area contributed by atoms with Gasteiger partial charge in [-0.25, -0.2) is 0 Å². The lowest BCUT2D eigenvalue weighted by atomic mass is 10.2. The maximum absolute atomic E-state index is 6.02. The smallest absolute Gasteiger partial charge is 0.122 e. The average molecular weight is 277 g/mol. The summed E-state index contributed by atoms with van der Waals surface area (Å²) in [5.41, 5.74) is 6.02. The van der Waals surface area contributed by atoms with Crippen LogP contribution in [0.25, 0.3) is 0 Å². The highest BCUT2D eigenvalue weighted by atomic mass is 16.3. The van der Waals surface area contributed by atoms with Crippen LogP contribution in [0.3, 0.4) is 0 Å². The second-order valence-electron chi connectivity index (χ2n) is 6.09. The van der Waals surface area contributed by atoms with Gasteiger partial charge in [0, 0.05) is 32.1 Å². The van der Waals surface area contributed by atoms with Crippen LogP contribution in [0.2, 0.25) is 0 Å². The van der Waals surface area contributed by atoms with Crippen LogP contribution in [-0.4, -0.2) is 48.6 Å². The van der Waals surface area contributed by atoms with Crippen LogP contribution in [0.5, 0.6) is 0 Å². The van der Waals surface area contributed by atoms with Crippen LogP contribution < -0.4 is 5.73 Å². The molecular formula is C16H27N3O. The molecule has 1 aromatic heterocycles. The first-order valence-electron chi connectivity index (χ1n) is 8.08. The molecule has 0 amide bonds. The lowest BCUT2D eigenvalue weighted by molar-refractivity contribution is 0.186. The molecule has 1 aromatic rings. The summed E-state index contributed by atoms with van der Waals surface area (Å²) in [6.07, 6.45) is 4.97. The topological polar surface area (TPSA) is 45.6 Å². The van der Waals surface area contributed by atoms with Crippen molar-refractivity contribution < 1.29 is 4.42 Å². The summed E-state index contributed by atoms with van der Waals surface area (Å²) in [5, 5.41) is 0. The van der Waals surface area contributed by atoms with Crippen molar-refractivity contribution in [3.63, 3.8) is 0 Å². The van der Waals surface area contributed by atoms with Crippen molar-refractivity contribution in [2.24, 2.45) is 5.73 Å². The maximum Gasteiger partial charge on any atom is 0.122 e. The van der Waals surface area contributed by atoms with Gasteiger partial charge in [0.1, 0.15) is 11.5 Å². The van der Waals surface area contributed by atoms with E-state index in [1.807, 2.05) is 0 Å². The molecular weight excluding hydrogens is 250 g/mol. The molecule has 20 heavy (non-hydrogen) atoms. The molecule has 2 atom stereocenters. The Bertz CT molecular complexity index is 425. The number of furan rings is 1. The molecule has 0 radical (unpaired) electrons. The summed E-state index contributed by atoms with van der Waals surface area (Å²) in [5.74, 6) is 2.11. The van der Waals surface area contributed by atoms with Gasteiger partial charge in [0.2, 0.25) is 0 Å². The molecule has 3 heterocycles. The maximum atomic E-state index is 6.02. The molecule has 4 heteroatoms. The highest BCUT2D eigenvalue weighted by Gasteiger charge is 2.33. The van der Waals surface area contributed by atoms with E-state index >= 15 is 0 Å². The van der Waals surface area contributed by atoms with E-state index in [0.29, 0.717) is 6.54 Å². The Morgan fingerprint density at radius 1 is 1.30 bits per heavy atom. The van der Waals surface area contributed by atoms with Crippen molar-refractivity contribution >= 4 is 0 Å². The number of rotatable bonds is 5. The first-order chi connectivity index (χ1) is 9.81. The van der Waals surface area contributed by atoms with Gasteiger partial charge in [-0.2, -0.15) is 0 Å². The van der Waals surface area contributed by atoms with E-state index in [9.17, 15) is 0 Å². The Hall–Kier alpha value is -0.840. The quantitative estimate of drug-likeness (QED) is 0.894. The largest absolute Gasteiger partial charge is 0.464 e. The Balaban J connectivity index is 1.64. The second-order valence-corrected chi connectivity index (χ2v) is 6.09. The summed E-state index contributed by atoms with van der Waals surface area (Å²) in [7, 11) is 0. The molecule has 0 spiro atoms. The SMILES string of the molecule is CCc1ccc(C(CN)N2CCC(N3CCCC3)C2)o1. The number of hydrogen-bond acceptors (Lipinski definition) is 4. The summed E-state index contributed by atoms with van der Waals surface area (Å²) in [6.45, 7) is 7.62. The minimum atomic E-state index is 0.253. The number of hydrogen-bond donors (Lipinski definition) is 1. The molecule has 0 bridgehead atoms. The first-order valence-corrected chi connectivity index (χ1v) is 8.08. The molecule has 2 aliphatic heterocycles. The fourth-order valence-corrected chi connectivity index (χ4v) is 3.66. The lowest BCUT2D eigenvalue weighted by Gasteiger charge is -2.27. The minimum absolute atomic E-state index is 0.253.